The van der Waals surface area contributed by atoms with Gasteiger partial charge in [-0.25, -0.2) is 5.10 Å². The summed E-state index contributed by atoms with van der Waals surface area (Å²) in [4.78, 5) is 0. The lowest BCUT2D eigenvalue weighted by Gasteiger charge is -2.54. The second-order valence-electron chi connectivity index (χ2n) is 10.4. The Kier molecular flexibility index (Phi) is 6.93. The minimum Gasteiger partial charge on any atom is -0.322 e. The maximum Gasteiger partial charge on any atom is 0.367 e. The molecule has 0 aromatic rings. The lowest BCUT2D eigenvalue weighted by Crippen LogP contribution is -2.67. The number of hydrogen-bond acceptors (Lipinski definition) is 2. The van der Waals surface area contributed by atoms with Crippen molar-refractivity contribution >= 4 is 22.5 Å². The third kappa shape index (κ3) is 4.91. The molecule has 0 rings (SSSR count). The molecule has 0 aliphatic rings. The van der Waals surface area contributed by atoms with Crippen LogP contribution in [0.2, 0.25) is 29.7 Å². The maximum atomic E-state index is 16.8. The van der Waals surface area contributed by atoms with Crippen LogP contribution in [-0.4, -0.2) is 26.9 Å². The van der Waals surface area contributed by atoms with Gasteiger partial charge in [-0.2, -0.15) is 0 Å². The Hall–Kier alpha value is -0.166. The number of nitrogens with zero attached hydrogens (tertiary/aromatic N) is 2. The van der Waals surface area contributed by atoms with E-state index in [-0.39, 0.29) is 0 Å². The monoisotopic (exact) mass is 360 g/mol. The lowest BCUT2D eigenvalue weighted by molar-refractivity contribution is 0.410. The van der Waals surface area contributed by atoms with Crippen LogP contribution in [0.1, 0.15) is 69.2 Å². The molecule has 2 nitrogen and oxygen atoms in total. The van der Waals surface area contributed by atoms with Gasteiger partial charge in [-0.05, 0) is 11.8 Å². The summed E-state index contributed by atoms with van der Waals surface area (Å²) >= 11 is 0. The van der Waals surface area contributed by atoms with Gasteiger partial charge in [0.2, 0.25) is 0 Å². The quantitative estimate of drug-likeness (QED) is 0.228. The van der Waals surface area contributed by atoms with E-state index < -0.39 is 26.9 Å². The molecule has 0 fully saturated rings. The van der Waals surface area contributed by atoms with E-state index in [1.54, 1.807) is 0 Å². The molecule has 5 heteroatoms. The molecule has 0 heterocycles. The molecule has 0 saturated heterocycles. The number of rotatable bonds is 5. The van der Waals surface area contributed by atoms with Crippen LogP contribution in [-0.2, 0) is 0 Å². The normalized spacial score (nSPS) is 14.4. The molecule has 0 radical (unpaired) electrons. The van der Waals surface area contributed by atoms with E-state index in [1.165, 1.54) is 0 Å². The standard InChI is InChI=1S/C18H41FN2Si2/c1-14(2)16(15(3)4)20-21(22(11,12)13)23(19,17(5,6)7)18(8,9)10/h14-15H,1-13H3. The second-order valence-corrected chi connectivity index (χ2v) is 20.3. The first-order valence-electron chi connectivity index (χ1n) is 8.95. The molecule has 0 amide bonds. The Morgan fingerprint density at radius 2 is 1.13 bits per heavy atom. The molecule has 0 aromatic heterocycles. The van der Waals surface area contributed by atoms with E-state index in [0.29, 0.717) is 11.8 Å². The van der Waals surface area contributed by atoms with Crippen molar-refractivity contribution in [2.24, 2.45) is 16.9 Å². The molecule has 138 valence electrons. The van der Waals surface area contributed by atoms with E-state index in [0.717, 1.165) is 5.71 Å². The van der Waals surface area contributed by atoms with Crippen LogP contribution in [0.5, 0.6) is 0 Å². The highest BCUT2D eigenvalue weighted by Crippen LogP contribution is 2.55. The third-order valence-corrected chi connectivity index (χ3v) is 13.3. The molecule has 0 aliphatic carbocycles. The van der Waals surface area contributed by atoms with Gasteiger partial charge in [0.15, 0.2) is 8.24 Å². The molecular formula is C18H41FN2Si2. The highest BCUT2D eigenvalue weighted by Gasteiger charge is 2.62. The summed E-state index contributed by atoms with van der Waals surface area (Å²) < 4.78 is 18.9. The molecule has 0 spiro atoms. The second kappa shape index (κ2) is 6.99. The van der Waals surface area contributed by atoms with Gasteiger partial charge in [0, 0.05) is 15.8 Å². The van der Waals surface area contributed by atoms with Gasteiger partial charge in [-0.3, -0.25) is 4.11 Å². The van der Waals surface area contributed by atoms with E-state index in [4.69, 9.17) is 5.10 Å². The first-order chi connectivity index (χ1) is 9.87. The van der Waals surface area contributed by atoms with E-state index in [1.807, 2.05) is 4.34 Å². The minimum absolute atomic E-state index is 0.340. The van der Waals surface area contributed by atoms with Crippen LogP contribution >= 0.6 is 0 Å². The molecule has 0 N–H and O–H groups in total. The zero-order chi connectivity index (χ0) is 19.0. The Labute approximate surface area is 147 Å². The van der Waals surface area contributed by atoms with Crippen LogP contribution in [0.15, 0.2) is 5.10 Å². The van der Waals surface area contributed by atoms with Crippen molar-refractivity contribution in [1.82, 2.24) is 4.34 Å². The fraction of sp³-hybridized carbons (Fsp3) is 0.944. The molecule has 23 heavy (non-hydrogen) atoms. The summed E-state index contributed by atoms with van der Waals surface area (Å²) in [6, 6.07) is 0. The zero-order valence-electron chi connectivity index (χ0n) is 17.9. The lowest BCUT2D eigenvalue weighted by atomic mass is 9.98. The van der Waals surface area contributed by atoms with Gasteiger partial charge < -0.3 is 4.34 Å². The Morgan fingerprint density at radius 1 is 0.826 bits per heavy atom. The number of hydrogen-bond donors (Lipinski definition) is 0. The Morgan fingerprint density at radius 3 is 1.30 bits per heavy atom. The van der Waals surface area contributed by atoms with Crippen molar-refractivity contribution < 1.29 is 4.11 Å². The molecule has 0 aliphatic heterocycles. The van der Waals surface area contributed by atoms with Crippen LogP contribution in [0.3, 0.4) is 0 Å². The predicted molar refractivity (Wildman–Crippen MR) is 109 cm³/mol. The van der Waals surface area contributed by atoms with Crippen molar-refractivity contribution in [2.75, 3.05) is 0 Å². The Balaban J connectivity index is 6.55. The Bertz CT molecular complexity index is 400. The largest absolute Gasteiger partial charge is 0.367 e. The fourth-order valence-electron chi connectivity index (χ4n) is 3.45. The van der Waals surface area contributed by atoms with Crippen molar-refractivity contribution in [3.8, 4) is 0 Å². The summed E-state index contributed by atoms with van der Waals surface area (Å²) in [5.41, 5.74) is 1.12. The summed E-state index contributed by atoms with van der Waals surface area (Å²) in [7, 11) is -5.33. The summed E-state index contributed by atoms with van der Waals surface area (Å²) in [5.74, 6) is 0.680. The first-order valence-corrected chi connectivity index (χ1v) is 14.2. The van der Waals surface area contributed by atoms with Crippen molar-refractivity contribution in [3.05, 3.63) is 0 Å². The van der Waals surface area contributed by atoms with Gasteiger partial charge in [-0.15, -0.1) is 0 Å². The summed E-state index contributed by atoms with van der Waals surface area (Å²) in [6.45, 7) is 27.6. The van der Waals surface area contributed by atoms with E-state index in [2.05, 4.69) is 88.9 Å². The van der Waals surface area contributed by atoms with Crippen LogP contribution in [0.4, 0.5) is 4.11 Å². The zero-order valence-corrected chi connectivity index (χ0v) is 19.9. The molecule has 0 bridgehead atoms. The molecular weight excluding hydrogens is 319 g/mol. The SMILES string of the molecule is CC(C)C(=NN([Si](C)(C)C)[Si](F)(C(C)(C)C)C(C)(C)C)C(C)C. The van der Waals surface area contributed by atoms with Gasteiger partial charge in [0.05, 0.1) is 0 Å². The van der Waals surface area contributed by atoms with Crippen LogP contribution < -0.4 is 0 Å². The number of halogens is 1. The van der Waals surface area contributed by atoms with E-state index in [9.17, 15) is 0 Å². The van der Waals surface area contributed by atoms with Crippen molar-refractivity contribution in [2.45, 2.75) is 99.0 Å². The summed E-state index contributed by atoms with van der Waals surface area (Å²) in [6.07, 6.45) is 0. The van der Waals surface area contributed by atoms with Gasteiger partial charge in [0.25, 0.3) is 0 Å². The molecule has 0 atom stereocenters. The topological polar surface area (TPSA) is 15.6 Å². The highest BCUT2D eigenvalue weighted by atomic mass is 28.4. The molecule has 0 unspecified atom stereocenters. The maximum absolute atomic E-state index is 16.8. The van der Waals surface area contributed by atoms with Gasteiger partial charge in [-0.1, -0.05) is 88.9 Å². The van der Waals surface area contributed by atoms with E-state index >= 15 is 4.11 Å². The minimum atomic E-state index is -3.36. The van der Waals surface area contributed by atoms with Crippen molar-refractivity contribution in [1.29, 1.82) is 0 Å². The molecule has 0 saturated carbocycles. The average Bonchev–Trinajstić information content (AvgIpc) is 2.22. The smallest absolute Gasteiger partial charge is 0.322 e. The predicted octanol–water partition coefficient (Wildman–Crippen LogP) is 6.80. The van der Waals surface area contributed by atoms with Crippen molar-refractivity contribution in [3.63, 3.8) is 0 Å². The average molecular weight is 361 g/mol. The first kappa shape index (κ1) is 22.8. The van der Waals surface area contributed by atoms with Crippen LogP contribution in [0, 0.1) is 11.8 Å². The highest BCUT2D eigenvalue weighted by molar-refractivity contribution is 6.90. The number of hydrazone groups is 1. The van der Waals surface area contributed by atoms with Crippen LogP contribution in [0.25, 0.3) is 0 Å². The summed E-state index contributed by atoms with van der Waals surface area (Å²) in [5, 5.41) is 4.26. The third-order valence-electron chi connectivity index (χ3n) is 4.31. The fourth-order valence-corrected chi connectivity index (χ4v) is 13.4. The van der Waals surface area contributed by atoms with Gasteiger partial charge >= 0.3 is 8.57 Å². The molecule has 0 aromatic carbocycles. The van der Waals surface area contributed by atoms with Gasteiger partial charge in [0.1, 0.15) is 0 Å².